The van der Waals surface area contributed by atoms with Gasteiger partial charge >= 0.3 is 5.97 Å². The van der Waals surface area contributed by atoms with Crippen LogP contribution in [0.25, 0.3) is 0 Å². The number of hydrogen-bond acceptors (Lipinski definition) is 7. The number of carbonyl (C=O) groups excluding carboxylic acids is 2. The van der Waals surface area contributed by atoms with Gasteiger partial charge in [-0.2, -0.15) is 0 Å². The minimum absolute atomic E-state index is 0.00767. The number of amides is 1. The van der Waals surface area contributed by atoms with Crippen molar-refractivity contribution >= 4 is 34.9 Å². The van der Waals surface area contributed by atoms with E-state index in [1.165, 1.54) is 19.2 Å². The minimum atomic E-state index is -0.740. The quantitative estimate of drug-likeness (QED) is 0.415. The summed E-state index contributed by atoms with van der Waals surface area (Å²) < 4.78 is 15.0. The molecular weight excluding hydrogens is 380 g/mol. The summed E-state index contributed by atoms with van der Waals surface area (Å²) in [7, 11) is 1.53. The molecule has 0 unspecified atom stereocenters. The number of nitro groups is 1. The van der Waals surface area contributed by atoms with Crippen molar-refractivity contribution in [2.75, 3.05) is 25.6 Å². The van der Waals surface area contributed by atoms with Crippen LogP contribution in [0.1, 0.15) is 0 Å². The van der Waals surface area contributed by atoms with E-state index in [1.54, 1.807) is 24.3 Å². The van der Waals surface area contributed by atoms with Gasteiger partial charge in [0.15, 0.2) is 13.2 Å². The number of nitro benzene ring substituents is 1. The zero-order valence-electron chi connectivity index (χ0n) is 14.1. The lowest BCUT2D eigenvalue weighted by Crippen LogP contribution is -2.23. The Morgan fingerprint density at radius 3 is 2.37 bits per heavy atom. The third-order valence-electron chi connectivity index (χ3n) is 3.22. The van der Waals surface area contributed by atoms with Crippen molar-refractivity contribution in [1.29, 1.82) is 0 Å². The first-order valence-electron chi connectivity index (χ1n) is 7.55. The van der Waals surface area contributed by atoms with E-state index in [-0.39, 0.29) is 23.0 Å². The normalized spacial score (nSPS) is 10.0. The predicted octanol–water partition coefficient (Wildman–Crippen LogP) is 2.82. The highest BCUT2D eigenvalue weighted by atomic mass is 35.5. The Labute approximate surface area is 158 Å². The number of carbonyl (C=O) groups is 2. The van der Waals surface area contributed by atoms with Crippen LogP contribution in [0.3, 0.4) is 0 Å². The van der Waals surface area contributed by atoms with Gasteiger partial charge in [-0.3, -0.25) is 14.9 Å². The number of esters is 1. The molecule has 0 aliphatic carbocycles. The molecule has 0 radical (unpaired) electrons. The van der Waals surface area contributed by atoms with Gasteiger partial charge in [0, 0.05) is 12.1 Å². The molecule has 10 heteroatoms. The molecule has 0 heterocycles. The minimum Gasteiger partial charge on any atom is -0.497 e. The molecule has 142 valence electrons. The van der Waals surface area contributed by atoms with E-state index in [9.17, 15) is 19.7 Å². The predicted molar refractivity (Wildman–Crippen MR) is 96.2 cm³/mol. The van der Waals surface area contributed by atoms with E-state index in [1.807, 2.05) is 0 Å². The number of nitrogens with zero attached hydrogens (tertiary/aromatic N) is 1. The van der Waals surface area contributed by atoms with Gasteiger partial charge in [-0.05, 0) is 30.3 Å². The van der Waals surface area contributed by atoms with E-state index >= 15 is 0 Å². The summed E-state index contributed by atoms with van der Waals surface area (Å²) in [4.78, 5) is 33.5. The van der Waals surface area contributed by atoms with Gasteiger partial charge in [-0.25, -0.2) is 4.79 Å². The first-order chi connectivity index (χ1) is 12.9. The monoisotopic (exact) mass is 394 g/mol. The zero-order chi connectivity index (χ0) is 19.8. The molecule has 0 aliphatic heterocycles. The van der Waals surface area contributed by atoms with E-state index in [0.29, 0.717) is 11.5 Å². The van der Waals surface area contributed by atoms with Crippen molar-refractivity contribution in [2.45, 2.75) is 0 Å². The molecule has 9 nitrogen and oxygen atoms in total. The van der Waals surface area contributed by atoms with Crippen molar-refractivity contribution in [3.05, 3.63) is 57.6 Å². The van der Waals surface area contributed by atoms with Crippen LogP contribution in [0.15, 0.2) is 42.5 Å². The van der Waals surface area contributed by atoms with Crippen LogP contribution in [0.4, 0.5) is 11.4 Å². The molecule has 0 spiro atoms. The molecule has 2 aromatic carbocycles. The summed E-state index contributed by atoms with van der Waals surface area (Å²) in [5.74, 6) is -0.305. The van der Waals surface area contributed by atoms with Crippen LogP contribution in [-0.4, -0.2) is 37.1 Å². The average Bonchev–Trinajstić information content (AvgIpc) is 2.66. The molecule has 0 saturated carbocycles. The van der Waals surface area contributed by atoms with Gasteiger partial charge in [-0.1, -0.05) is 11.6 Å². The van der Waals surface area contributed by atoms with Gasteiger partial charge in [0.1, 0.15) is 11.5 Å². The summed E-state index contributed by atoms with van der Waals surface area (Å²) >= 11 is 5.86. The van der Waals surface area contributed by atoms with Crippen LogP contribution in [0.2, 0.25) is 5.02 Å². The molecule has 0 saturated heterocycles. The van der Waals surface area contributed by atoms with Gasteiger partial charge in [0.05, 0.1) is 22.7 Å². The maximum atomic E-state index is 11.8. The van der Waals surface area contributed by atoms with Crippen LogP contribution in [0.5, 0.6) is 11.5 Å². The number of methoxy groups -OCH3 is 1. The van der Waals surface area contributed by atoms with E-state index in [2.05, 4.69) is 5.32 Å². The number of anilines is 1. The number of nitrogens with one attached hydrogen (secondary N) is 1. The van der Waals surface area contributed by atoms with Crippen molar-refractivity contribution < 1.29 is 28.7 Å². The average molecular weight is 395 g/mol. The molecule has 1 N–H and O–H groups in total. The fraction of sp³-hybridized carbons (Fsp3) is 0.176. The standard InChI is InChI=1S/C17H15ClN2O7/c1-25-12-3-5-13(6-4-12)26-10-17(22)27-9-16(21)19-15-7-2-11(20(23)24)8-14(15)18/h2-8H,9-10H2,1H3,(H,19,21). The second-order valence-electron chi connectivity index (χ2n) is 5.09. The summed E-state index contributed by atoms with van der Waals surface area (Å²) in [5.41, 5.74) is -0.0436. The lowest BCUT2D eigenvalue weighted by Gasteiger charge is -2.09. The first-order valence-corrected chi connectivity index (χ1v) is 7.93. The Balaban J connectivity index is 1.77. The maximum Gasteiger partial charge on any atom is 0.344 e. The van der Waals surface area contributed by atoms with Crippen LogP contribution in [0, 0.1) is 10.1 Å². The van der Waals surface area contributed by atoms with Crippen molar-refractivity contribution in [3.8, 4) is 11.5 Å². The highest BCUT2D eigenvalue weighted by Gasteiger charge is 2.13. The molecule has 0 aliphatic rings. The van der Waals surface area contributed by atoms with E-state index in [4.69, 9.17) is 25.8 Å². The Morgan fingerprint density at radius 1 is 1.11 bits per heavy atom. The van der Waals surface area contributed by atoms with Gasteiger partial charge < -0.3 is 19.5 Å². The molecule has 0 atom stereocenters. The SMILES string of the molecule is COc1ccc(OCC(=O)OCC(=O)Nc2ccc([N+](=O)[O-])cc2Cl)cc1. The van der Waals surface area contributed by atoms with Gasteiger partial charge in [0.25, 0.3) is 11.6 Å². The van der Waals surface area contributed by atoms with Gasteiger partial charge in [0.2, 0.25) is 0 Å². The molecule has 0 fully saturated rings. The topological polar surface area (TPSA) is 117 Å². The number of halogens is 1. The van der Waals surface area contributed by atoms with Crippen molar-refractivity contribution in [1.82, 2.24) is 0 Å². The largest absolute Gasteiger partial charge is 0.497 e. The lowest BCUT2D eigenvalue weighted by molar-refractivity contribution is -0.384. The number of benzene rings is 2. The van der Waals surface area contributed by atoms with E-state index < -0.39 is 23.4 Å². The molecule has 2 rings (SSSR count). The Morgan fingerprint density at radius 2 is 1.78 bits per heavy atom. The summed E-state index contributed by atoms with van der Waals surface area (Å²) in [5, 5.41) is 13.0. The Hall–Kier alpha value is -3.33. The van der Waals surface area contributed by atoms with Crippen LogP contribution < -0.4 is 14.8 Å². The molecule has 0 bridgehead atoms. The summed E-state index contributed by atoms with van der Waals surface area (Å²) in [6, 6.07) is 10.2. The molecular formula is C17H15ClN2O7. The maximum absolute atomic E-state index is 11.8. The Kier molecular flexibility index (Phi) is 6.95. The number of rotatable bonds is 8. The number of ether oxygens (including phenoxy) is 3. The molecule has 27 heavy (non-hydrogen) atoms. The van der Waals surface area contributed by atoms with Crippen LogP contribution in [-0.2, 0) is 14.3 Å². The number of non-ortho nitro benzene ring substituents is 1. The van der Waals surface area contributed by atoms with Crippen molar-refractivity contribution in [2.24, 2.45) is 0 Å². The number of hydrogen-bond donors (Lipinski definition) is 1. The highest BCUT2D eigenvalue weighted by molar-refractivity contribution is 6.34. The fourth-order valence-corrected chi connectivity index (χ4v) is 2.13. The zero-order valence-corrected chi connectivity index (χ0v) is 14.9. The fourth-order valence-electron chi connectivity index (χ4n) is 1.91. The second kappa shape index (κ2) is 9.39. The summed E-state index contributed by atoms with van der Waals surface area (Å²) in [6.07, 6.45) is 0. The smallest absolute Gasteiger partial charge is 0.344 e. The second-order valence-corrected chi connectivity index (χ2v) is 5.50. The third-order valence-corrected chi connectivity index (χ3v) is 3.53. The highest BCUT2D eigenvalue weighted by Crippen LogP contribution is 2.26. The third kappa shape index (κ3) is 6.15. The summed E-state index contributed by atoms with van der Waals surface area (Å²) in [6.45, 7) is -0.935. The van der Waals surface area contributed by atoms with E-state index in [0.717, 1.165) is 6.07 Å². The molecule has 2 aromatic rings. The Bertz CT molecular complexity index is 840. The molecule has 1 amide bonds. The molecule has 0 aromatic heterocycles. The van der Waals surface area contributed by atoms with Crippen LogP contribution >= 0.6 is 11.6 Å². The van der Waals surface area contributed by atoms with Gasteiger partial charge in [-0.15, -0.1) is 0 Å². The lowest BCUT2D eigenvalue weighted by atomic mass is 10.3. The van der Waals surface area contributed by atoms with Crippen molar-refractivity contribution in [3.63, 3.8) is 0 Å². The first kappa shape index (κ1) is 20.0.